The average molecular weight is 316 g/mol. The standard InChI is InChI=1S/C16H14BrNO/c1-10-2-4-11(5-3-10)8-14-13-9-12(17)6-7-15(13)18-16(14)19/h2-7,9,14H,8H2,1H3,(H,18,19)/t14-/m0/s1. The molecule has 3 rings (SSSR count). The van der Waals surface area contributed by atoms with Gasteiger partial charge in [-0.1, -0.05) is 45.8 Å². The molecule has 0 aliphatic carbocycles. The van der Waals surface area contributed by atoms with Gasteiger partial charge in [-0.25, -0.2) is 0 Å². The molecule has 0 radical (unpaired) electrons. The molecule has 2 aromatic carbocycles. The van der Waals surface area contributed by atoms with Gasteiger partial charge in [0.05, 0.1) is 5.92 Å². The lowest BCUT2D eigenvalue weighted by Gasteiger charge is -2.09. The summed E-state index contributed by atoms with van der Waals surface area (Å²) in [6.45, 7) is 2.07. The van der Waals surface area contributed by atoms with Crippen LogP contribution in [0.5, 0.6) is 0 Å². The zero-order valence-corrected chi connectivity index (χ0v) is 12.2. The number of carbonyl (C=O) groups excluding carboxylic acids is 1. The fourth-order valence-corrected chi connectivity index (χ4v) is 2.84. The minimum absolute atomic E-state index is 0.0878. The molecule has 19 heavy (non-hydrogen) atoms. The quantitative estimate of drug-likeness (QED) is 0.890. The summed E-state index contributed by atoms with van der Waals surface area (Å²) in [6.07, 6.45) is 0.746. The number of anilines is 1. The highest BCUT2D eigenvalue weighted by Crippen LogP contribution is 2.36. The van der Waals surface area contributed by atoms with Gasteiger partial charge in [-0.3, -0.25) is 4.79 Å². The van der Waals surface area contributed by atoms with Crippen LogP contribution in [0.3, 0.4) is 0 Å². The Morgan fingerprint density at radius 3 is 2.63 bits per heavy atom. The molecule has 0 spiro atoms. The van der Waals surface area contributed by atoms with Gasteiger partial charge in [-0.05, 0) is 42.7 Å². The predicted molar refractivity (Wildman–Crippen MR) is 80.4 cm³/mol. The van der Waals surface area contributed by atoms with E-state index in [2.05, 4.69) is 52.4 Å². The number of amides is 1. The van der Waals surface area contributed by atoms with E-state index in [0.717, 1.165) is 22.1 Å². The summed E-state index contributed by atoms with van der Waals surface area (Å²) in [5.41, 5.74) is 4.45. The Hall–Kier alpha value is -1.61. The lowest BCUT2D eigenvalue weighted by atomic mass is 9.93. The second-order valence-corrected chi connectivity index (χ2v) is 5.88. The maximum Gasteiger partial charge on any atom is 0.232 e. The molecule has 0 aromatic heterocycles. The molecule has 1 N–H and O–H groups in total. The first-order chi connectivity index (χ1) is 9.13. The van der Waals surface area contributed by atoms with E-state index in [1.165, 1.54) is 11.1 Å². The molecule has 1 aliphatic rings. The summed E-state index contributed by atoms with van der Waals surface area (Å²) in [5.74, 6) is 0.00359. The number of hydrogen-bond donors (Lipinski definition) is 1. The van der Waals surface area contributed by atoms with Gasteiger partial charge in [0.25, 0.3) is 0 Å². The van der Waals surface area contributed by atoms with E-state index in [9.17, 15) is 4.79 Å². The van der Waals surface area contributed by atoms with Gasteiger partial charge in [-0.15, -0.1) is 0 Å². The highest BCUT2D eigenvalue weighted by atomic mass is 79.9. The summed E-state index contributed by atoms with van der Waals surface area (Å²) < 4.78 is 1.01. The number of benzene rings is 2. The van der Waals surface area contributed by atoms with Crippen LogP contribution in [0.15, 0.2) is 46.9 Å². The Kier molecular flexibility index (Phi) is 3.15. The first-order valence-corrected chi connectivity index (χ1v) is 7.08. The third-order valence-electron chi connectivity index (χ3n) is 3.52. The summed E-state index contributed by atoms with van der Waals surface area (Å²) in [5, 5.41) is 2.95. The number of rotatable bonds is 2. The van der Waals surface area contributed by atoms with E-state index in [1.54, 1.807) is 0 Å². The lowest BCUT2D eigenvalue weighted by Crippen LogP contribution is -2.14. The van der Waals surface area contributed by atoms with E-state index in [4.69, 9.17) is 0 Å². The van der Waals surface area contributed by atoms with Crippen molar-refractivity contribution in [3.05, 3.63) is 63.6 Å². The molecule has 96 valence electrons. The minimum atomic E-state index is -0.0878. The maximum atomic E-state index is 12.1. The molecule has 0 saturated heterocycles. The van der Waals surface area contributed by atoms with Crippen molar-refractivity contribution in [2.75, 3.05) is 5.32 Å². The van der Waals surface area contributed by atoms with Gasteiger partial charge in [0.1, 0.15) is 0 Å². The van der Waals surface area contributed by atoms with Crippen molar-refractivity contribution in [2.24, 2.45) is 0 Å². The molecule has 2 nitrogen and oxygen atoms in total. The van der Waals surface area contributed by atoms with Gasteiger partial charge >= 0.3 is 0 Å². The molecular weight excluding hydrogens is 302 g/mol. The summed E-state index contributed by atoms with van der Waals surface area (Å²) in [6, 6.07) is 14.3. The molecule has 1 aliphatic heterocycles. The zero-order valence-electron chi connectivity index (χ0n) is 10.6. The predicted octanol–water partition coefficient (Wildman–Crippen LogP) is 4.04. The number of nitrogens with one attached hydrogen (secondary N) is 1. The Bertz CT molecular complexity index is 634. The van der Waals surface area contributed by atoms with Crippen LogP contribution in [-0.2, 0) is 11.2 Å². The monoisotopic (exact) mass is 315 g/mol. The number of hydrogen-bond acceptors (Lipinski definition) is 1. The van der Waals surface area contributed by atoms with Crippen LogP contribution in [0.4, 0.5) is 5.69 Å². The summed E-state index contributed by atoms with van der Waals surface area (Å²) in [7, 11) is 0. The highest BCUT2D eigenvalue weighted by molar-refractivity contribution is 9.10. The molecule has 0 unspecified atom stereocenters. The number of halogens is 1. The maximum absolute atomic E-state index is 12.1. The fourth-order valence-electron chi connectivity index (χ4n) is 2.46. The Morgan fingerprint density at radius 1 is 1.16 bits per heavy atom. The number of fused-ring (bicyclic) bond motifs is 1. The Morgan fingerprint density at radius 2 is 1.89 bits per heavy atom. The van der Waals surface area contributed by atoms with Crippen molar-refractivity contribution in [1.29, 1.82) is 0 Å². The van der Waals surface area contributed by atoms with Gasteiger partial charge < -0.3 is 5.32 Å². The topological polar surface area (TPSA) is 29.1 Å². The molecule has 0 fully saturated rings. The number of aryl methyl sites for hydroxylation is 1. The van der Waals surface area contributed by atoms with Crippen LogP contribution in [0, 0.1) is 6.92 Å². The molecular formula is C16H14BrNO. The number of carbonyl (C=O) groups is 1. The molecule has 1 amide bonds. The Balaban J connectivity index is 1.91. The molecule has 0 bridgehead atoms. The average Bonchev–Trinajstić information content (AvgIpc) is 2.69. The zero-order chi connectivity index (χ0) is 13.4. The van der Waals surface area contributed by atoms with E-state index in [-0.39, 0.29) is 11.8 Å². The third-order valence-corrected chi connectivity index (χ3v) is 4.02. The first kappa shape index (κ1) is 12.4. The summed E-state index contributed by atoms with van der Waals surface area (Å²) in [4.78, 5) is 12.1. The molecule has 1 atom stereocenters. The first-order valence-electron chi connectivity index (χ1n) is 6.29. The van der Waals surface area contributed by atoms with Crippen LogP contribution >= 0.6 is 15.9 Å². The van der Waals surface area contributed by atoms with Crippen molar-refractivity contribution < 1.29 is 4.79 Å². The smallest absolute Gasteiger partial charge is 0.232 e. The van der Waals surface area contributed by atoms with Crippen molar-refractivity contribution >= 4 is 27.5 Å². The minimum Gasteiger partial charge on any atom is -0.325 e. The van der Waals surface area contributed by atoms with Crippen molar-refractivity contribution in [1.82, 2.24) is 0 Å². The fraction of sp³-hybridized carbons (Fsp3) is 0.188. The van der Waals surface area contributed by atoms with Crippen LogP contribution in [0.25, 0.3) is 0 Å². The van der Waals surface area contributed by atoms with Crippen LogP contribution in [-0.4, -0.2) is 5.91 Å². The molecule has 0 saturated carbocycles. The van der Waals surface area contributed by atoms with Gasteiger partial charge in [0.2, 0.25) is 5.91 Å². The lowest BCUT2D eigenvalue weighted by molar-refractivity contribution is -0.117. The van der Waals surface area contributed by atoms with Crippen molar-refractivity contribution in [3.63, 3.8) is 0 Å². The van der Waals surface area contributed by atoms with Gasteiger partial charge in [-0.2, -0.15) is 0 Å². The van der Waals surface area contributed by atoms with Gasteiger partial charge in [0, 0.05) is 10.2 Å². The normalized spacial score (nSPS) is 17.2. The van der Waals surface area contributed by atoms with Crippen LogP contribution in [0.2, 0.25) is 0 Å². The Labute approximate surface area is 121 Å². The second kappa shape index (κ2) is 4.82. The van der Waals surface area contributed by atoms with E-state index < -0.39 is 0 Å². The second-order valence-electron chi connectivity index (χ2n) is 4.96. The van der Waals surface area contributed by atoms with E-state index >= 15 is 0 Å². The van der Waals surface area contributed by atoms with Crippen LogP contribution < -0.4 is 5.32 Å². The third kappa shape index (κ3) is 2.43. The van der Waals surface area contributed by atoms with E-state index in [1.807, 2.05) is 18.2 Å². The van der Waals surface area contributed by atoms with Crippen molar-refractivity contribution in [3.8, 4) is 0 Å². The van der Waals surface area contributed by atoms with Gasteiger partial charge in [0.15, 0.2) is 0 Å². The summed E-state index contributed by atoms with van der Waals surface area (Å²) >= 11 is 3.47. The molecule has 1 heterocycles. The van der Waals surface area contributed by atoms with Crippen LogP contribution in [0.1, 0.15) is 22.6 Å². The van der Waals surface area contributed by atoms with Crippen molar-refractivity contribution in [2.45, 2.75) is 19.3 Å². The molecule has 3 heteroatoms. The highest BCUT2D eigenvalue weighted by Gasteiger charge is 2.30. The SMILES string of the molecule is Cc1ccc(C[C@@H]2C(=O)Nc3ccc(Br)cc32)cc1. The molecule has 2 aromatic rings. The largest absolute Gasteiger partial charge is 0.325 e. The van der Waals surface area contributed by atoms with E-state index in [0.29, 0.717) is 0 Å².